The van der Waals surface area contributed by atoms with E-state index in [0.29, 0.717) is 6.54 Å². The number of halogens is 1. The van der Waals surface area contributed by atoms with Gasteiger partial charge in [-0.05, 0) is 52.9 Å². The summed E-state index contributed by atoms with van der Waals surface area (Å²) < 4.78 is 6.18. The molecule has 6 nitrogen and oxygen atoms in total. The van der Waals surface area contributed by atoms with Crippen LogP contribution >= 0.6 is 15.9 Å². The monoisotopic (exact) mass is 406 g/mol. The smallest absolute Gasteiger partial charge is 0.134 e. The third-order valence-corrected chi connectivity index (χ3v) is 5.09. The van der Waals surface area contributed by atoms with E-state index < -0.39 is 0 Å². The third-order valence-electron chi connectivity index (χ3n) is 4.47. The lowest BCUT2D eigenvalue weighted by Gasteiger charge is -2.35. The number of nitrogens with one attached hydrogen (secondary N) is 1. The number of hydrogen-bond donors (Lipinski definition) is 2. The maximum atomic E-state index is 9.60. The highest BCUT2D eigenvalue weighted by atomic mass is 79.9. The van der Waals surface area contributed by atoms with Gasteiger partial charge in [-0.3, -0.25) is 0 Å². The number of aliphatic hydroxyl groups excluding tert-OH is 1. The van der Waals surface area contributed by atoms with E-state index >= 15 is 0 Å². The van der Waals surface area contributed by atoms with Crippen LogP contribution in [0.2, 0.25) is 0 Å². The van der Waals surface area contributed by atoms with Crippen LogP contribution in [0, 0.1) is 0 Å². The molecule has 0 spiro atoms. The number of benzene rings is 1. The van der Waals surface area contributed by atoms with Crippen LogP contribution in [0.5, 0.6) is 5.75 Å². The molecule has 1 aliphatic rings. The minimum absolute atomic E-state index is 0.147. The van der Waals surface area contributed by atoms with Gasteiger partial charge < -0.3 is 20.1 Å². The van der Waals surface area contributed by atoms with E-state index in [1.54, 1.807) is 13.4 Å². The highest BCUT2D eigenvalue weighted by molar-refractivity contribution is 9.10. The molecule has 134 valence electrons. The van der Waals surface area contributed by atoms with Gasteiger partial charge in [-0.15, -0.1) is 0 Å². The summed E-state index contributed by atoms with van der Waals surface area (Å²) >= 11 is 3.50. The first-order chi connectivity index (χ1) is 12.2. The first kappa shape index (κ1) is 17.9. The molecule has 0 radical (unpaired) electrons. The van der Waals surface area contributed by atoms with E-state index in [1.807, 2.05) is 24.3 Å². The van der Waals surface area contributed by atoms with Gasteiger partial charge in [-0.25, -0.2) is 9.97 Å². The summed E-state index contributed by atoms with van der Waals surface area (Å²) in [6.45, 7) is 1.74. The molecule has 0 amide bonds. The van der Waals surface area contributed by atoms with Gasteiger partial charge in [0.2, 0.25) is 0 Å². The van der Waals surface area contributed by atoms with Crippen molar-refractivity contribution in [2.75, 3.05) is 30.5 Å². The Hall–Kier alpha value is -1.86. The Balaban J connectivity index is 1.68. The molecular weight excluding hydrogens is 384 g/mol. The summed E-state index contributed by atoms with van der Waals surface area (Å²) in [5, 5.41) is 12.9. The SMILES string of the molecule is COc1ccc(CNc2cc(N3CCCCC3CO)ncn2)cc1Br. The number of aromatic nitrogens is 2. The molecule has 1 unspecified atom stereocenters. The van der Waals surface area contributed by atoms with Crippen molar-refractivity contribution in [1.29, 1.82) is 0 Å². The maximum absolute atomic E-state index is 9.60. The van der Waals surface area contributed by atoms with Crippen molar-refractivity contribution in [1.82, 2.24) is 9.97 Å². The number of methoxy groups -OCH3 is 1. The Labute approximate surface area is 156 Å². The van der Waals surface area contributed by atoms with Gasteiger partial charge in [0, 0.05) is 19.2 Å². The van der Waals surface area contributed by atoms with Gasteiger partial charge in [0.25, 0.3) is 0 Å². The molecular formula is C18H23BrN4O2. The molecule has 0 aliphatic carbocycles. The minimum Gasteiger partial charge on any atom is -0.496 e. The van der Waals surface area contributed by atoms with E-state index in [-0.39, 0.29) is 12.6 Å². The molecule has 1 atom stereocenters. The molecule has 0 bridgehead atoms. The molecule has 1 saturated heterocycles. The van der Waals surface area contributed by atoms with Crippen LogP contribution in [0.4, 0.5) is 11.6 Å². The van der Waals surface area contributed by atoms with Crippen molar-refractivity contribution < 1.29 is 9.84 Å². The molecule has 1 aromatic carbocycles. The number of nitrogens with zero attached hydrogens (tertiary/aromatic N) is 3. The zero-order chi connectivity index (χ0) is 17.6. The molecule has 7 heteroatoms. The molecule has 1 aliphatic heterocycles. The van der Waals surface area contributed by atoms with Gasteiger partial charge in [0.1, 0.15) is 23.7 Å². The molecule has 1 aromatic heterocycles. The molecule has 3 rings (SSSR count). The predicted octanol–water partition coefficient (Wildman–Crippen LogP) is 3.21. The Morgan fingerprint density at radius 3 is 2.96 bits per heavy atom. The minimum atomic E-state index is 0.147. The second kappa shape index (κ2) is 8.49. The zero-order valence-electron chi connectivity index (χ0n) is 14.3. The predicted molar refractivity (Wildman–Crippen MR) is 102 cm³/mol. The fourth-order valence-corrected chi connectivity index (χ4v) is 3.69. The quantitative estimate of drug-likeness (QED) is 0.767. The molecule has 1 fully saturated rings. The van der Waals surface area contributed by atoms with Crippen molar-refractivity contribution in [3.63, 3.8) is 0 Å². The van der Waals surface area contributed by atoms with Crippen LogP contribution in [0.15, 0.2) is 35.1 Å². The van der Waals surface area contributed by atoms with Crippen molar-refractivity contribution in [3.05, 3.63) is 40.6 Å². The Morgan fingerprint density at radius 2 is 2.20 bits per heavy atom. The fourth-order valence-electron chi connectivity index (χ4n) is 3.11. The average molecular weight is 407 g/mol. The van der Waals surface area contributed by atoms with Crippen LogP contribution in [0.3, 0.4) is 0 Å². The van der Waals surface area contributed by atoms with E-state index in [4.69, 9.17) is 4.74 Å². The second-order valence-electron chi connectivity index (χ2n) is 6.11. The number of anilines is 2. The summed E-state index contributed by atoms with van der Waals surface area (Å²) in [6, 6.07) is 8.08. The lowest BCUT2D eigenvalue weighted by Crippen LogP contribution is -2.42. The number of hydrogen-bond acceptors (Lipinski definition) is 6. The topological polar surface area (TPSA) is 70.5 Å². The summed E-state index contributed by atoms with van der Waals surface area (Å²) in [4.78, 5) is 10.9. The first-order valence-corrected chi connectivity index (χ1v) is 9.26. The summed E-state index contributed by atoms with van der Waals surface area (Å²) in [6.07, 6.45) is 4.86. The average Bonchev–Trinajstić information content (AvgIpc) is 2.66. The molecule has 2 heterocycles. The third kappa shape index (κ3) is 4.41. The van der Waals surface area contributed by atoms with E-state index in [2.05, 4.69) is 36.1 Å². The van der Waals surface area contributed by atoms with Crippen LogP contribution in [-0.2, 0) is 6.54 Å². The van der Waals surface area contributed by atoms with Gasteiger partial charge in [0.05, 0.1) is 24.2 Å². The van der Waals surface area contributed by atoms with E-state index in [9.17, 15) is 5.11 Å². The van der Waals surface area contributed by atoms with Crippen LogP contribution < -0.4 is 15.0 Å². The van der Waals surface area contributed by atoms with E-state index in [1.165, 1.54) is 0 Å². The lowest BCUT2D eigenvalue weighted by molar-refractivity contribution is 0.239. The number of rotatable bonds is 6. The molecule has 2 aromatic rings. The van der Waals surface area contributed by atoms with Crippen molar-refractivity contribution in [2.24, 2.45) is 0 Å². The first-order valence-electron chi connectivity index (χ1n) is 8.47. The molecule has 0 saturated carbocycles. The van der Waals surface area contributed by atoms with Crippen LogP contribution in [0.1, 0.15) is 24.8 Å². The lowest BCUT2D eigenvalue weighted by atomic mass is 10.0. The van der Waals surface area contributed by atoms with Gasteiger partial charge in [-0.1, -0.05) is 6.07 Å². The van der Waals surface area contributed by atoms with Crippen molar-refractivity contribution >= 4 is 27.6 Å². The summed E-state index contributed by atoms with van der Waals surface area (Å²) in [5.74, 6) is 2.46. The van der Waals surface area contributed by atoms with Crippen molar-refractivity contribution in [3.8, 4) is 5.75 Å². The Morgan fingerprint density at radius 1 is 1.32 bits per heavy atom. The Bertz CT molecular complexity index is 713. The van der Waals surface area contributed by atoms with Crippen LogP contribution in [-0.4, -0.2) is 41.4 Å². The summed E-state index contributed by atoms with van der Waals surface area (Å²) in [7, 11) is 1.65. The Kier molecular flexibility index (Phi) is 6.09. The number of ether oxygens (including phenoxy) is 1. The fraction of sp³-hybridized carbons (Fsp3) is 0.444. The largest absolute Gasteiger partial charge is 0.496 e. The molecule has 2 N–H and O–H groups in total. The van der Waals surface area contributed by atoms with Crippen LogP contribution in [0.25, 0.3) is 0 Å². The second-order valence-corrected chi connectivity index (χ2v) is 6.96. The number of aliphatic hydroxyl groups is 1. The normalized spacial score (nSPS) is 17.4. The number of piperidine rings is 1. The highest BCUT2D eigenvalue weighted by Gasteiger charge is 2.23. The van der Waals surface area contributed by atoms with E-state index in [0.717, 1.165) is 53.2 Å². The zero-order valence-corrected chi connectivity index (χ0v) is 15.9. The van der Waals surface area contributed by atoms with Gasteiger partial charge in [0.15, 0.2) is 0 Å². The van der Waals surface area contributed by atoms with Gasteiger partial charge in [-0.2, -0.15) is 0 Å². The summed E-state index contributed by atoms with van der Waals surface area (Å²) in [5.41, 5.74) is 1.12. The molecule has 25 heavy (non-hydrogen) atoms. The maximum Gasteiger partial charge on any atom is 0.134 e. The highest BCUT2D eigenvalue weighted by Crippen LogP contribution is 2.26. The standard InChI is InChI=1S/C18H23BrN4O2/c1-25-16-6-5-13(8-15(16)19)10-20-17-9-18(22-12-21-17)23-7-3-2-4-14(23)11-24/h5-6,8-9,12,14,24H,2-4,7,10-11H2,1H3,(H,20,21,22). The van der Waals surface area contributed by atoms with Gasteiger partial charge >= 0.3 is 0 Å². The van der Waals surface area contributed by atoms with Crippen molar-refractivity contribution in [2.45, 2.75) is 31.8 Å².